The van der Waals surface area contributed by atoms with E-state index in [1.165, 1.54) is 0 Å². The van der Waals surface area contributed by atoms with Crippen LogP contribution in [0.15, 0.2) is 10.7 Å². The predicted molar refractivity (Wildman–Crippen MR) is 46.0 cm³/mol. The zero-order valence-corrected chi connectivity index (χ0v) is 7.71. The average Bonchev–Trinajstić information content (AvgIpc) is 2.70. The number of nitrogens with zero attached hydrogens (tertiary/aromatic N) is 4. The van der Waals surface area contributed by atoms with E-state index in [0.717, 1.165) is 11.7 Å². The molecule has 0 bridgehead atoms. The summed E-state index contributed by atoms with van der Waals surface area (Å²) in [7, 11) is 1.82. The fourth-order valence-corrected chi connectivity index (χ4v) is 1.25. The minimum atomic E-state index is 0.416. The van der Waals surface area contributed by atoms with Crippen LogP contribution in [0.25, 0.3) is 11.6 Å². The minimum absolute atomic E-state index is 0.416. The van der Waals surface area contributed by atoms with Crippen molar-refractivity contribution in [2.24, 2.45) is 0 Å². The summed E-state index contributed by atoms with van der Waals surface area (Å²) in [5.41, 5.74) is 0.625. The van der Waals surface area contributed by atoms with E-state index in [-0.39, 0.29) is 0 Å². The summed E-state index contributed by atoms with van der Waals surface area (Å²) >= 11 is 1.11. The van der Waals surface area contributed by atoms with Crippen LogP contribution in [0.2, 0.25) is 0 Å². The average molecular weight is 197 g/mol. The molecule has 0 fully saturated rings. The molecule has 0 atom stereocenters. The van der Waals surface area contributed by atoms with E-state index in [1.54, 1.807) is 6.20 Å². The first-order chi connectivity index (χ1) is 6.40. The zero-order chi connectivity index (χ0) is 9.10. The maximum Gasteiger partial charge on any atom is 0.279 e. The van der Waals surface area contributed by atoms with Crippen LogP contribution in [0.3, 0.4) is 0 Å². The number of hydrogen-bond donors (Lipinski definition) is 1. The Morgan fingerprint density at radius 1 is 1.62 bits per heavy atom. The van der Waals surface area contributed by atoms with Gasteiger partial charge in [0.1, 0.15) is 0 Å². The molecule has 1 N–H and O–H groups in total. The van der Waals surface area contributed by atoms with E-state index in [4.69, 9.17) is 4.52 Å². The number of aromatic nitrogens is 4. The molecule has 7 heteroatoms. The van der Waals surface area contributed by atoms with Crippen molar-refractivity contribution >= 4 is 11.7 Å². The first-order valence-electron chi connectivity index (χ1n) is 3.65. The lowest BCUT2D eigenvalue weighted by Crippen LogP contribution is -2.06. The lowest BCUT2D eigenvalue weighted by atomic mass is 10.5. The largest absolute Gasteiger partial charge is 0.332 e. The molecule has 0 unspecified atom stereocenters. The van der Waals surface area contributed by atoms with Gasteiger partial charge in [-0.15, -0.1) is 0 Å². The Bertz CT molecular complexity index is 370. The van der Waals surface area contributed by atoms with Gasteiger partial charge in [-0.25, -0.2) is 0 Å². The van der Waals surface area contributed by atoms with Crippen molar-refractivity contribution in [2.45, 2.75) is 6.54 Å². The molecular formula is C6H7N5OS. The van der Waals surface area contributed by atoms with Crippen molar-refractivity contribution in [3.8, 4) is 11.6 Å². The summed E-state index contributed by atoms with van der Waals surface area (Å²) < 4.78 is 12.8. The maximum absolute atomic E-state index is 4.96. The molecule has 0 radical (unpaired) electrons. The Morgan fingerprint density at radius 3 is 3.23 bits per heavy atom. The van der Waals surface area contributed by atoms with Crippen LogP contribution in [-0.4, -0.2) is 25.9 Å². The van der Waals surface area contributed by atoms with Gasteiger partial charge >= 0.3 is 0 Å². The van der Waals surface area contributed by atoms with Gasteiger partial charge in [-0.05, 0) is 7.05 Å². The lowest BCUT2D eigenvalue weighted by molar-refractivity contribution is 0.420. The summed E-state index contributed by atoms with van der Waals surface area (Å²) in [5.74, 6) is 1.03. The number of hydrogen-bond acceptors (Lipinski definition) is 7. The molecule has 2 aromatic heterocycles. The summed E-state index contributed by atoms with van der Waals surface area (Å²) in [6, 6.07) is 0. The summed E-state index contributed by atoms with van der Waals surface area (Å²) in [6.45, 7) is 0.584. The minimum Gasteiger partial charge on any atom is -0.332 e. The molecule has 0 aliphatic rings. The van der Waals surface area contributed by atoms with Crippen molar-refractivity contribution in [3.63, 3.8) is 0 Å². The summed E-state index contributed by atoms with van der Waals surface area (Å²) in [6.07, 6.45) is 1.60. The van der Waals surface area contributed by atoms with Gasteiger partial charge in [0.05, 0.1) is 24.5 Å². The van der Waals surface area contributed by atoms with Gasteiger partial charge in [0, 0.05) is 0 Å². The zero-order valence-electron chi connectivity index (χ0n) is 6.89. The molecule has 0 amide bonds. The molecular weight excluding hydrogens is 190 g/mol. The quantitative estimate of drug-likeness (QED) is 0.763. The Morgan fingerprint density at radius 2 is 2.54 bits per heavy atom. The van der Waals surface area contributed by atoms with Crippen molar-refractivity contribution < 1.29 is 4.52 Å². The topological polar surface area (TPSA) is 76.7 Å². The van der Waals surface area contributed by atoms with Crippen LogP contribution in [0.1, 0.15) is 5.82 Å². The van der Waals surface area contributed by atoms with E-state index in [9.17, 15) is 0 Å². The molecule has 0 saturated heterocycles. The van der Waals surface area contributed by atoms with Crippen molar-refractivity contribution in [2.75, 3.05) is 7.05 Å². The highest BCUT2D eigenvalue weighted by atomic mass is 32.1. The number of nitrogens with one attached hydrogen (secondary N) is 1. The third-order valence-corrected chi connectivity index (χ3v) is 1.86. The van der Waals surface area contributed by atoms with Crippen LogP contribution in [0, 0.1) is 0 Å². The molecule has 68 valence electrons. The molecule has 2 heterocycles. The van der Waals surface area contributed by atoms with E-state index < -0.39 is 0 Å². The third kappa shape index (κ3) is 1.70. The van der Waals surface area contributed by atoms with E-state index in [1.807, 2.05) is 7.05 Å². The lowest BCUT2D eigenvalue weighted by Gasteiger charge is -1.86. The van der Waals surface area contributed by atoms with Gasteiger partial charge in [-0.2, -0.15) is 13.7 Å². The van der Waals surface area contributed by atoms with E-state index in [2.05, 4.69) is 24.2 Å². The maximum atomic E-state index is 4.96. The van der Waals surface area contributed by atoms with Crippen LogP contribution in [0.5, 0.6) is 0 Å². The second-order valence-electron chi connectivity index (χ2n) is 2.34. The molecule has 0 aliphatic carbocycles. The van der Waals surface area contributed by atoms with Crippen molar-refractivity contribution in [1.29, 1.82) is 0 Å². The highest BCUT2D eigenvalue weighted by Crippen LogP contribution is 2.13. The standard InChI is InChI=1S/C6H7N5OS/c1-7-3-5-9-6(12-10-5)4-2-8-13-11-4/h2,7H,3H2,1H3. The fraction of sp³-hybridized carbons (Fsp3) is 0.333. The molecule has 0 spiro atoms. The highest BCUT2D eigenvalue weighted by Gasteiger charge is 2.09. The van der Waals surface area contributed by atoms with Gasteiger partial charge in [0.15, 0.2) is 11.5 Å². The molecule has 0 saturated carbocycles. The van der Waals surface area contributed by atoms with E-state index >= 15 is 0 Å². The van der Waals surface area contributed by atoms with Gasteiger partial charge in [-0.1, -0.05) is 5.16 Å². The fourth-order valence-electron chi connectivity index (χ4n) is 0.847. The monoisotopic (exact) mass is 197 g/mol. The summed E-state index contributed by atoms with van der Waals surface area (Å²) in [4.78, 5) is 4.11. The second-order valence-corrected chi connectivity index (χ2v) is 2.90. The molecule has 0 aromatic carbocycles. The van der Waals surface area contributed by atoms with Crippen LogP contribution >= 0.6 is 11.7 Å². The van der Waals surface area contributed by atoms with Crippen molar-refractivity contribution in [1.82, 2.24) is 24.2 Å². The van der Waals surface area contributed by atoms with Gasteiger partial charge in [0.25, 0.3) is 5.89 Å². The van der Waals surface area contributed by atoms with Crippen LogP contribution in [0.4, 0.5) is 0 Å². The Labute approximate surface area is 78.3 Å². The van der Waals surface area contributed by atoms with Crippen LogP contribution < -0.4 is 5.32 Å². The molecule has 6 nitrogen and oxygen atoms in total. The number of rotatable bonds is 3. The Balaban J connectivity index is 2.23. The Kier molecular flexibility index (Phi) is 2.28. The molecule has 2 rings (SSSR count). The second kappa shape index (κ2) is 3.58. The molecule has 2 aromatic rings. The predicted octanol–water partition coefficient (Wildman–Crippen LogP) is 0.307. The first kappa shape index (κ1) is 8.27. The van der Waals surface area contributed by atoms with Crippen molar-refractivity contribution in [3.05, 3.63) is 12.0 Å². The van der Waals surface area contributed by atoms with Gasteiger partial charge in [0.2, 0.25) is 0 Å². The third-order valence-electron chi connectivity index (χ3n) is 1.38. The van der Waals surface area contributed by atoms with E-state index in [0.29, 0.717) is 24.0 Å². The first-order valence-corrected chi connectivity index (χ1v) is 4.38. The Hall–Kier alpha value is -1.34. The highest BCUT2D eigenvalue weighted by molar-refractivity contribution is 6.99. The van der Waals surface area contributed by atoms with Crippen LogP contribution in [-0.2, 0) is 6.54 Å². The van der Waals surface area contributed by atoms with Gasteiger partial charge < -0.3 is 9.84 Å². The normalized spacial score (nSPS) is 10.5. The molecule has 0 aliphatic heterocycles. The van der Waals surface area contributed by atoms with Gasteiger partial charge in [-0.3, -0.25) is 0 Å². The molecule has 13 heavy (non-hydrogen) atoms. The SMILES string of the molecule is CNCc1noc(-c2cnsn2)n1. The summed E-state index contributed by atoms with van der Waals surface area (Å²) in [5, 5.41) is 6.67. The smallest absolute Gasteiger partial charge is 0.279 e.